The number of rotatable bonds is 7. The summed E-state index contributed by atoms with van der Waals surface area (Å²) in [5, 5.41) is 8.93. The van der Waals surface area contributed by atoms with Crippen molar-refractivity contribution in [3.63, 3.8) is 0 Å². The summed E-state index contributed by atoms with van der Waals surface area (Å²) in [7, 11) is 0. The van der Waals surface area contributed by atoms with Crippen LogP contribution in [0.4, 0.5) is 4.39 Å². The van der Waals surface area contributed by atoms with Crippen LogP contribution in [0.2, 0.25) is 0 Å². The Bertz CT molecular complexity index is 1780. The lowest BCUT2D eigenvalue weighted by Gasteiger charge is -2.25. The number of halogens is 1. The molecule has 9 heteroatoms. The van der Waals surface area contributed by atoms with E-state index in [4.69, 9.17) is 19.7 Å². The van der Waals surface area contributed by atoms with Crippen molar-refractivity contribution in [1.82, 2.24) is 4.57 Å². The Morgan fingerprint density at radius 3 is 2.54 bits per heavy atom. The van der Waals surface area contributed by atoms with E-state index in [-0.39, 0.29) is 24.3 Å². The van der Waals surface area contributed by atoms with Gasteiger partial charge in [-0.2, -0.15) is 5.26 Å². The Kier molecular flexibility index (Phi) is 7.48. The number of aromatic nitrogens is 1. The molecule has 5 rings (SSSR count). The van der Waals surface area contributed by atoms with Crippen molar-refractivity contribution < 1.29 is 18.7 Å². The van der Waals surface area contributed by atoms with Gasteiger partial charge in [-0.05, 0) is 36.8 Å². The van der Waals surface area contributed by atoms with Gasteiger partial charge in [-0.15, -0.1) is 0 Å². The summed E-state index contributed by atoms with van der Waals surface area (Å²) in [5.74, 6) is -0.596. The second-order valence-corrected chi connectivity index (χ2v) is 9.48. The van der Waals surface area contributed by atoms with Crippen LogP contribution in [0.3, 0.4) is 0 Å². The Balaban J connectivity index is 1.80. The van der Waals surface area contributed by atoms with Gasteiger partial charge in [0, 0.05) is 11.1 Å². The number of hydrogen-bond donors (Lipinski definition) is 0. The molecule has 0 bridgehead atoms. The van der Waals surface area contributed by atoms with Crippen LogP contribution < -0.4 is 19.6 Å². The molecule has 4 aromatic rings. The maximum absolute atomic E-state index is 13.9. The van der Waals surface area contributed by atoms with Gasteiger partial charge in [-0.3, -0.25) is 9.36 Å². The molecular weight excluding hydrogens is 517 g/mol. The smallest absolute Gasteiger partial charge is 0.338 e. The van der Waals surface area contributed by atoms with E-state index in [1.165, 1.54) is 16.7 Å². The van der Waals surface area contributed by atoms with E-state index in [2.05, 4.69) is 0 Å². The highest BCUT2D eigenvalue weighted by atomic mass is 32.1. The standard InChI is InChI=1S/C30H22FN3O4S/c1-2-37-29(36)25-26(19-8-4-3-5-9-19)33-30-34(27(25)20-12-14-22(31)15-13-20)28(35)24(39-30)18-21-10-6-7-11-23(21)38-17-16-32/h3-15,18,27H,2,17H2,1H3/b24-18-. The average molecular weight is 540 g/mol. The highest BCUT2D eigenvalue weighted by Gasteiger charge is 2.35. The number of para-hydroxylation sites is 1. The monoisotopic (exact) mass is 539 g/mol. The third-order valence-electron chi connectivity index (χ3n) is 6.06. The van der Waals surface area contributed by atoms with Crippen LogP contribution in [0.1, 0.15) is 29.7 Å². The van der Waals surface area contributed by atoms with E-state index in [1.807, 2.05) is 36.4 Å². The molecule has 0 fully saturated rings. The number of carbonyl (C=O) groups is 1. The maximum atomic E-state index is 13.9. The third-order valence-corrected chi connectivity index (χ3v) is 7.04. The number of esters is 1. The first kappa shape index (κ1) is 25.8. The highest BCUT2D eigenvalue weighted by Crippen LogP contribution is 2.35. The van der Waals surface area contributed by atoms with Crippen LogP contribution in [0.15, 0.2) is 94.2 Å². The first-order valence-corrected chi connectivity index (χ1v) is 13.0. The molecule has 0 aliphatic carbocycles. The molecule has 0 spiro atoms. The lowest BCUT2D eigenvalue weighted by molar-refractivity contribution is -0.138. The summed E-state index contributed by atoms with van der Waals surface area (Å²) in [6, 6.07) is 23.0. The van der Waals surface area contributed by atoms with Crippen LogP contribution in [-0.4, -0.2) is 23.8 Å². The van der Waals surface area contributed by atoms with Gasteiger partial charge >= 0.3 is 5.97 Å². The molecule has 3 aromatic carbocycles. The first-order chi connectivity index (χ1) is 19.0. The summed E-state index contributed by atoms with van der Waals surface area (Å²) in [5.41, 5.74) is 2.02. The number of nitrogens with zero attached hydrogens (tertiary/aromatic N) is 3. The predicted octanol–water partition coefficient (Wildman–Crippen LogP) is 3.98. The molecule has 0 N–H and O–H groups in total. The predicted molar refractivity (Wildman–Crippen MR) is 145 cm³/mol. The van der Waals surface area contributed by atoms with Crippen LogP contribution in [-0.2, 0) is 9.53 Å². The molecule has 1 aliphatic rings. The van der Waals surface area contributed by atoms with Gasteiger partial charge in [0.1, 0.15) is 17.6 Å². The lowest BCUT2D eigenvalue weighted by Crippen LogP contribution is -2.40. The Morgan fingerprint density at radius 2 is 1.82 bits per heavy atom. The van der Waals surface area contributed by atoms with E-state index < -0.39 is 17.8 Å². The van der Waals surface area contributed by atoms with Gasteiger partial charge < -0.3 is 9.47 Å². The van der Waals surface area contributed by atoms with Crippen molar-refractivity contribution >= 4 is 29.1 Å². The normalized spacial score (nSPS) is 14.8. The summed E-state index contributed by atoms with van der Waals surface area (Å²) in [4.78, 5) is 32.5. The van der Waals surface area contributed by atoms with Gasteiger partial charge in [0.25, 0.3) is 5.56 Å². The number of fused-ring (bicyclic) bond motifs is 1. The highest BCUT2D eigenvalue weighted by molar-refractivity contribution is 7.07. The number of nitriles is 1. The van der Waals surface area contributed by atoms with Crippen molar-refractivity contribution in [3.05, 3.63) is 127 Å². The van der Waals surface area contributed by atoms with Crippen LogP contribution in [0, 0.1) is 17.1 Å². The molecule has 1 aliphatic heterocycles. The van der Waals surface area contributed by atoms with E-state index >= 15 is 0 Å². The molecule has 2 heterocycles. The van der Waals surface area contributed by atoms with E-state index in [9.17, 15) is 14.0 Å². The van der Waals surface area contributed by atoms with Gasteiger partial charge in [-0.1, -0.05) is 72.0 Å². The quantitative estimate of drug-likeness (QED) is 0.331. The fraction of sp³-hybridized carbons (Fsp3) is 0.133. The molecule has 39 heavy (non-hydrogen) atoms. The molecule has 7 nitrogen and oxygen atoms in total. The molecule has 0 saturated heterocycles. The summed E-state index contributed by atoms with van der Waals surface area (Å²) in [6.45, 7) is 1.69. The summed E-state index contributed by atoms with van der Waals surface area (Å²) < 4.78 is 26.6. The van der Waals surface area contributed by atoms with Gasteiger partial charge in [0.15, 0.2) is 11.4 Å². The third kappa shape index (κ3) is 5.15. The van der Waals surface area contributed by atoms with Gasteiger partial charge in [-0.25, -0.2) is 14.2 Å². The second-order valence-electron chi connectivity index (χ2n) is 8.47. The number of benzene rings is 3. The fourth-order valence-corrected chi connectivity index (χ4v) is 5.38. The van der Waals surface area contributed by atoms with Gasteiger partial charge in [0.05, 0.1) is 28.5 Å². The first-order valence-electron chi connectivity index (χ1n) is 12.1. The molecule has 1 atom stereocenters. The number of thiazole rings is 1. The number of ether oxygens (including phenoxy) is 2. The zero-order valence-electron chi connectivity index (χ0n) is 20.8. The number of carbonyl (C=O) groups excluding carboxylic acids is 1. The van der Waals surface area contributed by atoms with E-state index in [0.717, 1.165) is 11.3 Å². The zero-order valence-corrected chi connectivity index (χ0v) is 21.7. The summed E-state index contributed by atoms with van der Waals surface area (Å²) in [6.07, 6.45) is 1.68. The summed E-state index contributed by atoms with van der Waals surface area (Å²) >= 11 is 1.16. The SMILES string of the molecule is CCOC(=O)C1=C(c2ccccc2)N=c2s/c(=C\c3ccccc3OCC#N)c(=O)n2C1c1ccc(F)cc1. The largest absolute Gasteiger partial charge is 0.478 e. The van der Waals surface area contributed by atoms with Crippen molar-refractivity contribution in [2.45, 2.75) is 13.0 Å². The Labute approximate surface area is 227 Å². The van der Waals surface area contributed by atoms with Crippen molar-refractivity contribution in [3.8, 4) is 11.8 Å². The number of hydrogen-bond acceptors (Lipinski definition) is 7. The molecule has 1 aromatic heterocycles. The zero-order chi connectivity index (χ0) is 27.4. The minimum Gasteiger partial charge on any atom is -0.478 e. The minimum atomic E-state index is -0.900. The second kappa shape index (κ2) is 11.3. The molecular formula is C30H22FN3O4S. The average Bonchev–Trinajstić information content (AvgIpc) is 3.27. The molecule has 0 amide bonds. The van der Waals surface area contributed by atoms with Crippen molar-refractivity contribution in [2.75, 3.05) is 13.2 Å². The molecule has 194 valence electrons. The Morgan fingerprint density at radius 1 is 1.10 bits per heavy atom. The van der Waals surface area contributed by atoms with Gasteiger partial charge in [0.2, 0.25) is 0 Å². The molecule has 0 saturated carbocycles. The van der Waals surface area contributed by atoms with E-state index in [0.29, 0.717) is 37.5 Å². The topological polar surface area (TPSA) is 93.7 Å². The fourth-order valence-electron chi connectivity index (χ4n) is 4.38. The maximum Gasteiger partial charge on any atom is 0.338 e. The van der Waals surface area contributed by atoms with E-state index in [1.54, 1.807) is 49.4 Å². The molecule has 1 unspecified atom stereocenters. The van der Waals surface area contributed by atoms with Crippen LogP contribution in [0.5, 0.6) is 5.75 Å². The van der Waals surface area contributed by atoms with Crippen molar-refractivity contribution in [2.24, 2.45) is 4.99 Å². The van der Waals surface area contributed by atoms with Crippen LogP contribution in [0.25, 0.3) is 11.8 Å². The lowest BCUT2D eigenvalue weighted by atomic mass is 9.93. The molecule has 0 radical (unpaired) electrons. The Hall–Kier alpha value is -4.81. The van der Waals surface area contributed by atoms with Crippen molar-refractivity contribution in [1.29, 1.82) is 5.26 Å². The van der Waals surface area contributed by atoms with Crippen LogP contribution >= 0.6 is 11.3 Å². The minimum absolute atomic E-state index is 0.129.